The maximum atomic E-state index is 14.8. The number of halogens is 2. The number of hydrogen-bond acceptors (Lipinski definition) is 8. The highest BCUT2D eigenvalue weighted by Gasteiger charge is 2.41. The summed E-state index contributed by atoms with van der Waals surface area (Å²) in [5, 5.41) is 16.9. The number of thioether (sulfide) groups is 1. The molecule has 1 amide bonds. The molecular weight excluding hydrogens is 533 g/mol. The minimum absolute atomic E-state index is 0. The van der Waals surface area contributed by atoms with Crippen LogP contribution in [-0.2, 0) is 20.9 Å². The Labute approximate surface area is 231 Å². The van der Waals surface area contributed by atoms with Crippen LogP contribution in [0, 0.1) is 11.7 Å². The highest BCUT2D eigenvalue weighted by molar-refractivity contribution is 8.14. The van der Waals surface area contributed by atoms with Gasteiger partial charge in [0.05, 0.1) is 12.2 Å². The van der Waals surface area contributed by atoms with Crippen LogP contribution in [0.2, 0.25) is 0 Å². The number of nitrogens with zero attached hydrogens (tertiary/aromatic N) is 4. The molecule has 2 heterocycles. The van der Waals surface area contributed by atoms with Gasteiger partial charge in [-0.05, 0) is 49.8 Å². The minimum Gasteiger partial charge on any atom is -0.297 e. The fourth-order valence-electron chi connectivity index (χ4n) is 4.69. The average molecular weight is 566 g/mol. The molecular formula is C26H33ClFN5O4S. The molecule has 2 aliphatic rings. The van der Waals surface area contributed by atoms with E-state index in [2.05, 4.69) is 10.3 Å². The summed E-state index contributed by atoms with van der Waals surface area (Å²) < 4.78 is 16.5. The normalized spacial score (nSPS) is 19.6. The summed E-state index contributed by atoms with van der Waals surface area (Å²) in [5.74, 6) is -0.770. The third kappa shape index (κ3) is 7.95. The quantitative estimate of drug-likeness (QED) is 0.239. The van der Waals surface area contributed by atoms with Crippen molar-refractivity contribution in [2.45, 2.75) is 63.3 Å². The summed E-state index contributed by atoms with van der Waals surface area (Å²) in [4.78, 5) is 38.5. The Morgan fingerprint density at radius 2 is 2.00 bits per heavy atom. The number of nitrogens with one attached hydrogen (secondary N) is 1. The Kier molecular flexibility index (Phi) is 11.0. The molecule has 0 bridgehead atoms. The van der Waals surface area contributed by atoms with Gasteiger partial charge in [-0.25, -0.2) is 9.87 Å². The number of carbonyl (C=O) groups excluding carboxylic acids is 3. The van der Waals surface area contributed by atoms with Gasteiger partial charge >= 0.3 is 0 Å². The maximum absolute atomic E-state index is 14.8. The Hall–Kier alpha value is -2.60. The van der Waals surface area contributed by atoms with E-state index in [-0.39, 0.29) is 46.7 Å². The second-order valence-corrected chi connectivity index (χ2v) is 11.0. The zero-order valence-corrected chi connectivity index (χ0v) is 22.8. The Bertz CT molecular complexity index is 1170. The number of amides is 1. The van der Waals surface area contributed by atoms with Crippen LogP contribution in [0.15, 0.2) is 36.0 Å². The van der Waals surface area contributed by atoms with E-state index in [4.69, 9.17) is 5.21 Å². The van der Waals surface area contributed by atoms with Crippen molar-refractivity contribution < 1.29 is 24.0 Å². The summed E-state index contributed by atoms with van der Waals surface area (Å²) in [6.07, 6.45) is 7.57. The second kappa shape index (κ2) is 14.0. The monoisotopic (exact) mass is 565 g/mol. The molecule has 2 aromatic rings. The number of ketones is 1. The molecule has 38 heavy (non-hydrogen) atoms. The van der Waals surface area contributed by atoms with Gasteiger partial charge in [-0.3, -0.25) is 29.2 Å². The molecule has 206 valence electrons. The van der Waals surface area contributed by atoms with E-state index < -0.39 is 11.9 Å². The van der Waals surface area contributed by atoms with Crippen LogP contribution in [0.1, 0.15) is 62.7 Å². The van der Waals surface area contributed by atoms with Crippen molar-refractivity contribution >= 4 is 47.1 Å². The number of aromatic nitrogens is 3. The molecule has 0 spiro atoms. The summed E-state index contributed by atoms with van der Waals surface area (Å²) in [6, 6.07) is 5.81. The van der Waals surface area contributed by atoms with Gasteiger partial charge in [-0.1, -0.05) is 35.2 Å². The molecule has 0 radical (unpaired) electrons. The van der Waals surface area contributed by atoms with Crippen molar-refractivity contribution in [2.75, 3.05) is 13.1 Å². The molecule has 1 saturated carbocycles. The SMILES string of the molecule is CC(=O)SC1CCN(C(C(=O)C2CC2)c2ccccc2F)CC1=Cc1cn(CCCCC(=O)NO)nn1.Cl. The Morgan fingerprint density at radius 3 is 2.68 bits per heavy atom. The van der Waals surface area contributed by atoms with Crippen LogP contribution in [0.25, 0.3) is 6.08 Å². The van der Waals surface area contributed by atoms with Gasteiger partial charge in [0.15, 0.2) is 10.9 Å². The molecule has 2 atom stereocenters. The van der Waals surface area contributed by atoms with Gasteiger partial charge < -0.3 is 0 Å². The molecule has 4 rings (SSSR count). The van der Waals surface area contributed by atoms with Crippen LogP contribution >= 0.6 is 24.2 Å². The number of aryl methyl sites for hydroxylation is 1. The number of carbonyl (C=O) groups is 3. The smallest absolute Gasteiger partial charge is 0.243 e. The maximum Gasteiger partial charge on any atom is 0.243 e. The van der Waals surface area contributed by atoms with Gasteiger partial charge in [0.25, 0.3) is 0 Å². The van der Waals surface area contributed by atoms with Gasteiger partial charge in [0.2, 0.25) is 5.91 Å². The number of piperidine rings is 1. The van der Waals surface area contributed by atoms with Crippen molar-refractivity contribution in [2.24, 2.45) is 5.92 Å². The van der Waals surface area contributed by atoms with Crippen molar-refractivity contribution in [1.82, 2.24) is 25.4 Å². The Balaban J connectivity index is 0.00000400. The lowest BCUT2D eigenvalue weighted by Gasteiger charge is -2.38. The van der Waals surface area contributed by atoms with E-state index in [1.54, 1.807) is 41.5 Å². The molecule has 1 saturated heterocycles. The first-order chi connectivity index (χ1) is 17.9. The molecule has 1 aromatic heterocycles. The predicted molar refractivity (Wildman–Crippen MR) is 144 cm³/mol. The van der Waals surface area contributed by atoms with Crippen molar-refractivity contribution in [3.05, 3.63) is 53.1 Å². The lowest BCUT2D eigenvalue weighted by molar-refractivity contribution is -0.129. The van der Waals surface area contributed by atoms with E-state index in [1.807, 2.05) is 11.0 Å². The average Bonchev–Trinajstić information content (AvgIpc) is 3.64. The lowest BCUT2D eigenvalue weighted by atomic mass is 9.93. The third-order valence-electron chi connectivity index (χ3n) is 6.66. The van der Waals surface area contributed by atoms with Crippen LogP contribution in [0.3, 0.4) is 0 Å². The predicted octanol–water partition coefficient (Wildman–Crippen LogP) is 3.97. The summed E-state index contributed by atoms with van der Waals surface area (Å²) in [6.45, 7) is 3.11. The van der Waals surface area contributed by atoms with Crippen molar-refractivity contribution in [3.8, 4) is 0 Å². The van der Waals surface area contributed by atoms with Crippen molar-refractivity contribution in [3.63, 3.8) is 0 Å². The van der Waals surface area contributed by atoms with Gasteiger partial charge in [-0.2, -0.15) is 0 Å². The molecule has 9 nitrogen and oxygen atoms in total. The topological polar surface area (TPSA) is 117 Å². The van der Waals surface area contributed by atoms with E-state index >= 15 is 0 Å². The number of hydroxylamine groups is 1. The van der Waals surface area contributed by atoms with Gasteiger partial charge in [0, 0.05) is 49.7 Å². The van der Waals surface area contributed by atoms with Crippen LogP contribution < -0.4 is 5.48 Å². The lowest BCUT2D eigenvalue weighted by Crippen LogP contribution is -2.43. The molecule has 2 fully saturated rings. The summed E-state index contributed by atoms with van der Waals surface area (Å²) >= 11 is 1.26. The fourth-order valence-corrected chi connectivity index (χ4v) is 5.61. The minimum atomic E-state index is -0.660. The number of rotatable bonds is 11. The molecule has 1 aliphatic heterocycles. The highest BCUT2D eigenvalue weighted by atomic mass is 35.5. The zero-order chi connectivity index (χ0) is 26.4. The van der Waals surface area contributed by atoms with E-state index in [0.717, 1.165) is 18.4 Å². The zero-order valence-electron chi connectivity index (χ0n) is 21.2. The molecule has 1 aliphatic carbocycles. The highest BCUT2D eigenvalue weighted by Crippen LogP contribution is 2.40. The van der Waals surface area contributed by atoms with Gasteiger partial charge in [0.1, 0.15) is 11.5 Å². The van der Waals surface area contributed by atoms with Gasteiger partial charge in [-0.15, -0.1) is 17.5 Å². The molecule has 12 heteroatoms. The van der Waals surface area contributed by atoms with Crippen molar-refractivity contribution in [1.29, 1.82) is 0 Å². The fraction of sp³-hybridized carbons (Fsp3) is 0.500. The number of likely N-dealkylation sites (tertiary alicyclic amines) is 1. The van der Waals surface area contributed by atoms with Crippen LogP contribution in [0.5, 0.6) is 0 Å². The standard InChI is InChI=1S/C26H32FN5O4S.ClH/c1-17(33)37-23-11-13-31(25(26(35)18-9-10-18)21-6-2-3-7-22(21)27)15-19(23)14-20-16-32(30-28-20)12-5-4-8-24(34)29-36;/h2-3,6-7,14,16,18,23,25,36H,4-5,8-13,15H2,1H3,(H,29,34);1H. The second-order valence-electron chi connectivity index (χ2n) is 9.58. The molecule has 1 aromatic carbocycles. The first kappa shape index (κ1) is 29.9. The summed E-state index contributed by atoms with van der Waals surface area (Å²) in [7, 11) is 0. The first-order valence-corrected chi connectivity index (χ1v) is 13.5. The number of Topliss-reactive ketones (excluding diaryl/α,β-unsaturated/α-hetero) is 1. The van der Waals surface area contributed by atoms with E-state index in [1.165, 1.54) is 17.8 Å². The molecule has 2 N–H and O–H groups in total. The number of unbranched alkanes of at least 4 members (excludes halogenated alkanes) is 1. The molecule has 2 unspecified atom stereocenters. The Morgan fingerprint density at radius 1 is 1.24 bits per heavy atom. The largest absolute Gasteiger partial charge is 0.297 e. The third-order valence-corrected chi connectivity index (χ3v) is 7.81. The summed E-state index contributed by atoms with van der Waals surface area (Å²) in [5.41, 5.74) is 3.60. The van der Waals surface area contributed by atoms with Crippen LogP contribution in [0.4, 0.5) is 4.39 Å². The van der Waals surface area contributed by atoms with E-state index in [9.17, 15) is 18.8 Å². The van der Waals surface area contributed by atoms with E-state index in [0.29, 0.717) is 50.2 Å². The number of hydrogen-bond donors (Lipinski definition) is 2. The number of benzene rings is 1. The first-order valence-electron chi connectivity index (χ1n) is 12.6. The van der Waals surface area contributed by atoms with Crippen LogP contribution in [-0.4, -0.2) is 60.2 Å².